The molecule has 1 heterocycles. The van der Waals surface area contributed by atoms with Crippen LogP contribution in [0, 0.1) is 0 Å². The largest absolute Gasteiger partial charge is 0.479 e. The van der Waals surface area contributed by atoms with Crippen molar-refractivity contribution in [1.29, 1.82) is 0 Å². The molecule has 84 valence electrons. The zero-order valence-electron chi connectivity index (χ0n) is 6.84. The lowest BCUT2D eigenvalue weighted by molar-refractivity contribution is -0.139. The predicted octanol–water partition coefficient (Wildman–Crippen LogP) is 2.28. The van der Waals surface area contributed by atoms with Gasteiger partial charge in [0, 0.05) is 0 Å². The Morgan fingerprint density at radius 2 is 2.20 bits per heavy atom. The van der Waals surface area contributed by atoms with Gasteiger partial charge in [0.15, 0.2) is 16.6 Å². The third-order valence-corrected chi connectivity index (χ3v) is 2.54. The molecular weight excluding hydrogens is 259 g/mol. The number of thiazole rings is 1. The van der Waals surface area contributed by atoms with Crippen molar-refractivity contribution in [1.82, 2.24) is 4.98 Å². The van der Waals surface area contributed by atoms with E-state index in [4.69, 9.17) is 16.7 Å². The summed E-state index contributed by atoms with van der Waals surface area (Å²) in [6.07, 6.45) is -4.61. The minimum atomic E-state index is -4.61. The summed E-state index contributed by atoms with van der Waals surface area (Å²) in [5.41, 5.74) is 0. The molecule has 9 heteroatoms. The van der Waals surface area contributed by atoms with Crippen LogP contribution in [0.3, 0.4) is 0 Å². The number of hydrogen-bond donors (Lipinski definition) is 1. The summed E-state index contributed by atoms with van der Waals surface area (Å²) in [6, 6.07) is 0. The molecule has 1 aromatic rings. The average molecular weight is 262 g/mol. The summed E-state index contributed by atoms with van der Waals surface area (Å²) in [5.74, 6) is -1.31. The first-order valence-electron chi connectivity index (χ1n) is 3.39. The summed E-state index contributed by atoms with van der Waals surface area (Å²) in [6.45, 7) is -0.763. The second kappa shape index (κ2) is 4.23. The number of alkyl halides is 3. The third kappa shape index (κ3) is 3.24. The van der Waals surface area contributed by atoms with Crippen LogP contribution >= 0.6 is 22.9 Å². The van der Waals surface area contributed by atoms with Gasteiger partial charge in [0.1, 0.15) is 0 Å². The van der Waals surface area contributed by atoms with Gasteiger partial charge in [0.05, 0.1) is 0 Å². The lowest BCUT2D eigenvalue weighted by Crippen LogP contribution is -2.09. The zero-order chi connectivity index (χ0) is 11.6. The minimum Gasteiger partial charge on any atom is -0.479 e. The lowest BCUT2D eigenvalue weighted by Gasteiger charge is -2.00. The number of aliphatic carboxylic acids is 1. The monoisotopic (exact) mass is 261 g/mol. The number of ether oxygens (including phenoxy) is 1. The Balaban J connectivity index is 2.82. The molecule has 0 aliphatic carbocycles. The summed E-state index contributed by atoms with van der Waals surface area (Å²) in [4.78, 5) is 12.2. The van der Waals surface area contributed by atoms with E-state index in [1.54, 1.807) is 0 Å². The van der Waals surface area contributed by atoms with Gasteiger partial charge in [0.25, 0.3) is 5.19 Å². The van der Waals surface area contributed by atoms with E-state index in [0.717, 1.165) is 0 Å². The van der Waals surface area contributed by atoms with E-state index < -0.39 is 34.0 Å². The molecule has 0 unspecified atom stereocenters. The second-order valence-electron chi connectivity index (χ2n) is 2.28. The maximum absolute atomic E-state index is 12.2. The number of rotatable bonds is 3. The highest BCUT2D eigenvalue weighted by atomic mass is 35.5. The molecule has 0 aromatic carbocycles. The van der Waals surface area contributed by atoms with E-state index in [9.17, 15) is 18.0 Å². The van der Waals surface area contributed by atoms with Crippen LogP contribution in [0.25, 0.3) is 0 Å². The van der Waals surface area contributed by atoms with E-state index in [1.807, 2.05) is 0 Å². The topological polar surface area (TPSA) is 59.4 Å². The standard InChI is InChI=1S/C6H3ClF3NO3S/c7-4-3(6(8,9)10)15-5(11-4)14-1-2(12)13/h1H2,(H,12,13). The molecule has 0 aliphatic rings. The molecule has 1 N–H and O–H groups in total. The molecule has 1 aromatic heterocycles. The number of carboxylic acids is 1. The maximum atomic E-state index is 12.2. The highest BCUT2D eigenvalue weighted by molar-refractivity contribution is 7.14. The molecule has 1 rings (SSSR count). The highest BCUT2D eigenvalue weighted by Gasteiger charge is 2.37. The first-order chi connectivity index (χ1) is 6.80. The molecular formula is C6H3ClF3NO3S. The number of carbonyl (C=O) groups is 1. The number of hydrogen-bond acceptors (Lipinski definition) is 4. The van der Waals surface area contributed by atoms with Crippen molar-refractivity contribution in [3.63, 3.8) is 0 Å². The van der Waals surface area contributed by atoms with Crippen LogP contribution in [0.15, 0.2) is 0 Å². The van der Waals surface area contributed by atoms with Crippen molar-refractivity contribution in [3.05, 3.63) is 10.0 Å². The maximum Gasteiger partial charge on any atom is 0.428 e. The van der Waals surface area contributed by atoms with Crippen LogP contribution in [0.1, 0.15) is 4.88 Å². The van der Waals surface area contributed by atoms with E-state index in [1.165, 1.54) is 0 Å². The van der Waals surface area contributed by atoms with Crippen LogP contribution in [0.4, 0.5) is 13.2 Å². The molecule has 4 nitrogen and oxygen atoms in total. The van der Waals surface area contributed by atoms with Crippen molar-refractivity contribution in [2.24, 2.45) is 0 Å². The first-order valence-corrected chi connectivity index (χ1v) is 4.58. The van der Waals surface area contributed by atoms with Crippen LogP contribution in [0.5, 0.6) is 5.19 Å². The minimum absolute atomic E-state index is 0.155. The second-order valence-corrected chi connectivity index (χ2v) is 3.60. The first kappa shape index (κ1) is 12.1. The fourth-order valence-corrected chi connectivity index (χ4v) is 1.67. The van der Waals surface area contributed by atoms with E-state index in [-0.39, 0.29) is 11.3 Å². The fraction of sp³-hybridized carbons (Fsp3) is 0.333. The Labute approximate surface area is 90.3 Å². The number of aromatic nitrogens is 1. The summed E-state index contributed by atoms with van der Waals surface area (Å²) < 4.78 is 41.0. The van der Waals surface area contributed by atoms with Crippen LogP contribution in [-0.4, -0.2) is 22.7 Å². The number of carboxylic acid groups (broad SMARTS) is 1. The molecule has 0 radical (unpaired) electrons. The Kier molecular flexibility index (Phi) is 3.40. The van der Waals surface area contributed by atoms with Gasteiger partial charge in [-0.1, -0.05) is 22.9 Å². The van der Waals surface area contributed by atoms with Gasteiger partial charge in [0.2, 0.25) is 0 Å². The number of halogens is 4. The molecule has 0 spiro atoms. The van der Waals surface area contributed by atoms with Gasteiger partial charge in [-0.05, 0) is 0 Å². The Morgan fingerprint density at radius 3 is 2.60 bits per heavy atom. The highest BCUT2D eigenvalue weighted by Crippen LogP contribution is 2.41. The molecule has 0 bridgehead atoms. The van der Waals surface area contributed by atoms with E-state index >= 15 is 0 Å². The predicted molar refractivity (Wildman–Crippen MR) is 45.3 cm³/mol. The Bertz CT molecular complexity index is 378. The zero-order valence-corrected chi connectivity index (χ0v) is 8.41. The van der Waals surface area contributed by atoms with Crippen LogP contribution in [0.2, 0.25) is 5.15 Å². The van der Waals surface area contributed by atoms with Crippen LogP contribution < -0.4 is 4.74 Å². The van der Waals surface area contributed by atoms with Crippen molar-refractivity contribution < 1.29 is 27.8 Å². The van der Waals surface area contributed by atoms with E-state index in [0.29, 0.717) is 0 Å². The van der Waals surface area contributed by atoms with Crippen molar-refractivity contribution >= 4 is 28.9 Å². The van der Waals surface area contributed by atoms with Gasteiger partial charge in [-0.2, -0.15) is 18.2 Å². The molecule has 0 saturated heterocycles. The van der Waals surface area contributed by atoms with E-state index in [2.05, 4.69) is 9.72 Å². The summed E-state index contributed by atoms with van der Waals surface area (Å²) in [7, 11) is 0. The normalized spacial score (nSPS) is 11.5. The van der Waals surface area contributed by atoms with Gasteiger partial charge in [-0.3, -0.25) is 0 Å². The van der Waals surface area contributed by atoms with Crippen LogP contribution in [-0.2, 0) is 11.0 Å². The van der Waals surface area contributed by atoms with Crippen molar-refractivity contribution in [3.8, 4) is 5.19 Å². The summed E-state index contributed by atoms with van der Waals surface area (Å²) >= 11 is 5.35. The average Bonchev–Trinajstić information content (AvgIpc) is 2.42. The van der Waals surface area contributed by atoms with Crippen molar-refractivity contribution in [2.45, 2.75) is 6.18 Å². The smallest absolute Gasteiger partial charge is 0.428 e. The SMILES string of the molecule is O=C(O)COc1nc(Cl)c(C(F)(F)F)s1. The lowest BCUT2D eigenvalue weighted by atomic mass is 10.5. The Morgan fingerprint density at radius 1 is 1.60 bits per heavy atom. The fourth-order valence-electron chi connectivity index (χ4n) is 0.643. The number of nitrogens with zero attached hydrogens (tertiary/aromatic N) is 1. The quantitative estimate of drug-likeness (QED) is 0.907. The Hall–Kier alpha value is -1.02. The third-order valence-electron chi connectivity index (χ3n) is 1.14. The van der Waals surface area contributed by atoms with Gasteiger partial charge in [-0.15, -0.1) is 0 Å². The molecule has 0 fully saturated rings. The van der Waals surface area contributed by atoms with Crippen molar-refractivity contribution in [2.75, 3.05) is 6.61 Å². The molecule has 0 amide bonds. The van der Waals surface area contributed by atoms with Gasteiger partial charge < -0.3 is 9.84 Å². The molecule has 0 saturated carbocycles. The van der Waals surface area contributed by atoms with Gasteiger partial charge in [-0.25, -0.2) is 4.79 Å². The molecule has 15 heavy (non-hydrogen) atoms. The molecule has 0 atom stereocenters. The molecule has 0 aliphatic heterocycles. The van der Waals surface area contributed by atoms with Gasteiger partial charge >= 0.3 is 12.1 Å². The summed E-state index contributed by atoms with van der Waals surface area (Å²) in [5, 5.41) is 7.04.